The summed E-state index contributed by atoms with van der Waals surface area (Å²) in [6, 6.07) is 5.38. The molecule has 158 valence electrons. The lowest BCUT2D eigenvalue weighted by Crippen LogP contribution is -2.47. The Morgan fingerprint density at radius 2 is 2.10 bits per heavy atom. The van der Waals surface area contributed by atoms with Crippen molar-refractivity contribution in [3.8, 4) is 5.69 Å². The van der Waals surface area contributed by atoms with Crippen molar-refractivity contribution in [2.45, 2.75) is 71.8 Å². The van der Waals surface area contributed by atoms with Crippen molar-refractivity contribution >= 4 is 17.7 Å². The molecule has 2 aromatic rings. The van der Waals surface area contributed by atoms with E-state index in [0.717, 1.165) is 29.9 Å². The smallest absolute Gasteiger partial charge is 0.413 e. The molecule has 0 saturated carbocycles. The van der Waals surface area contributed by atoms with E-state index in [1.807, 2.05) is 52.8 Å². The number of halogens is 1. The maximum Gasteiger partial charge on any atom is 0.413 e. The van der Waals surface area contributed by atoms with E-state index in [2.05, 4.69) is 17.0 Å². The van der Waals surface area contributed by atoms with Crippen molar-refractivity contribution in [3.63, 3.8) is 0 Å². The molecule has 1 atom stereocenters. The summed E-state index contributed by atoms with van der Waals surface area (Å²) in [7, 11) is 0. The summed E-state index contributed by atoms with van der Waals surface area (Å²) in [5, 5.41) is 4.92. The number of carbonyl (C=O) groups is 1. The fourth-order valence-electron chi connectivity index (χ4n) is 3.47. The Hall–Kier alpha value is -2.12. The van der Waals surface area contributed by atoms with Gasteiger partial charge in [0.1, 0.15) is 23.5 Å². The summed E-state index contributed by atoms with van der Waals surface area (Å²) in [4.78, 5) is 18.9. The predicted octanol–water partition coefficient (Wildman–Crippen LogP) is 4.92. The molecule has 29 heavy (non-hydrogen) atoms. The normalized spacial score (nSPS) is 18.9. The molecular formula is C21H29ClN4O3. The highest BCUT2D eigenvalue weighted by atomic mass is 35.5. The van der Waals surface area contributed by atoms with Gasteiger partial charge in [0.15, 0.2) is 0 Å². The van der Waals surface area contributed by atoms with Gasteiger partial charge in [0.05, 0.1) is 23.4 Å². The van der Waals surface area contributed by atoms with Crippen molar-refractivity contribution in [1.82, 2.24) is 19.7 Å². The number of aryl methyl sites for hydroxylation is 1. The van der Waals surface area contributed by atoms with E-state index in [0.29, 0.717) is 11.6 Å². The van der Waals surface area contributed by atoms with Gasteiger partial charge in [-0.15, -0.1) is 0 Å². The molecule has 2 heterocycles. The van der Waals surface area contributed by atoms with E-state index in [9.17, 15) is 4.79 Å². The number of ether oxygens (including phenoxy) is 2. The molecule has 0 bridgehead atoms. The van der Waals surface area contributed by atoms with Crippen molar-refractivity contribution in [2.24, 2.45) is 0 Å². The summed E-state index contributed by atoms with van der Waals surface area (Å²) in [6.07, 6.45) is 2.87. The first kappa shape index (κ1) is 21.6. The second-order valence-corrected chi connectivity index (χ2v) is 9.08. The third kappa shape index (κ3) is 4.56. The monoisotopic (exact) mass is 420 g/mol. The standard InChI is InChI=1S/C21H29ClN4O3/c1-7-8-18-23-13-24-26(18)16-11-14(9-10-15(16)22)17-12-28-21(5,6)25(17)19(27)29-20(2,3)4/h9-11,13,17H,7-8,12H2,1-6H3. The van der Waals surface area contributed by atoms with E-state index in [4.69, 9.17) is 21.1 Å². The molecule has 1 aliphatic rings. The van der Waals surface area contributed by atoms with Gasteiger partial charge < -0.3 is 9.47 Å². The lowest BCUT2D eigenvalue weighted by molar-refractivity contribution is -0.0626. The lowest BCUT2D eigenvalue weighted by Gasteiger charge is -2.35. The van der Waals surface area contributed by atoms with Gasteiger partial charge in [-0.3, -0.25) is 4.90 Å². The minimum absolute atomic E-state index is 0.297. The number of nitrogens with zero attached hydrogens (tertiary/aromatic N) is 4. The number of amides is 1. The summed E-state index contributed by atoms with van der Waals surface area (Å²) in [5.41, 5.74) is 0.257. The third-order valence-corrected chi connectivity index (χ3v) is 5.07. The Kier molecular flexibility index (Phi) is 5.92. The van der Waals surface area contributed by atoms with Gasteiger partial charge in [-0.05, 0) is 58.7 Å². The lowest BCUT2D eigenvalue weighted by atomic mass is 10.0. The van der Waals surface area contributed by atoms with Crippen molar-refractivity contribution in [1.29, 1.82) is 0 Å². The molecule has 3 rings (SSSR count). The van der Waals surface area contributed by atoms with Crippen LogP contribution in [-0.2, 0) is 15.9 Å². The van der Waals surface area contributed by atoms with Crippen LogP contribution in [0.25, 0.3) is 5.69 Å². The van der Waals surface area contributed by atoms with Crippen LogP contribution in [0.2, 0.25) is 5.02 Å². The summed E-state index contributed by atoms with van der Waals surface area (Å²) < 4.78 is 13.3. The average Bonchev–Trinajstić information content (AvgIpc) is 3.18. The van der Waals surface area contributed by atoms with Crippen molar-refractivity contribution in [3.05, 3.63) is 40.9 Å². The SMILES string of the molecule is CCCc1ncnn1-c1cc(C2COC(C)(C)N2C(=O)OC(C)(C)C)ccc1Cl. The molecule has 8 heteroatoms. The van der Waals surface area contributed by atoms with Crippen molar-refractivity contribution in [2.75, 3.05) is 6.61 Å². The number of aromatic nitrogens is 3. The molecule has 1 unspecified atom stereocenters. The van der Waals surface area contributed by atoms with Gasteiger partial charge >= 0.3 is 6.09 Å². The number of hydrogen-bond acceptors (Lipinski definition) is 5. The van der Waals surface area contributed by atoms with Gasteiger partial charge in [-0.25, -0.2) is 14.5 Å². The van der Waals surface area contributed by atoms with Crippen LogP contribution in [0.15, 0.2) is 24.5 Å². The van der Waals surface area contributed by atoms with Crippen LogP contribution in [0.1, 0.15) is 65.4 Å². The van der Waals surface area contributed by atoms with Crippen LogP contribution < -0.4 is 0 Å². The quantitative estimate of drug-likeness (QED) is 0.702. The maximum atomic E-state index is 13.0. The second-order valence-electron chi connectivity index (χ2n) is 8.67. The maximum absolute atomic E-state index is 13.0. The van der Waals surface area contributed by atoms with Crippen LogP contribution in [0.4, 0.5) is 4.79 Å². The first-order chi connectivity index (χ1) is 13.5. The summed E-state index contributed by atoms with van der Waals surface area (Å²) in [6.45, 7) is 11.7. The van der Waals surface area contributed by atoms with Gasteiger partial charge in [0.25, 0.3) is 0 Å². The minimum Gasteiger partial charge on any atom is -0.444 e. The molecule has 0 N–H and O–H groups in total. The molecule has 0 aliphatic carbocycles. The molecule has 1 fully saturated rings. The zero-order valence-corrected chi connectivity index (χ0v) is 18.7. The molecule has 0 spiro atoms. The van der Waals surface area contributed by atoms with E-state index in [1.165, 1.54) is 6.33 Å². The van der Waals surface area contributed by atoms with Gasteiger partial charge in [-0.2, -0.15) is 5.10 Å². The highest BCUT2D eigenvalue weighted by Gasteiger charge is 2.46. The first-order valence-electron chi connectivity index (χ1n) is 9.88. The molecule has 1 amide bonds. The highest BCUT2D eigenvalue weighted by molar-refractivity contribution is 6.32. The largest absolute Gasteiger partial charge is 0.444 e. The van der Waals surface area contributed by atoms with E-state index in [1.54, 1.807) is 9.58 Å². The Morgan fingerprint density at radius 3 is 2.76 bits per heavy atom. The van der Waals surface area contributed by atoms with Gasteiger partial charge in [0, 0.05) is 6.42 Å². The molecule has 1 saturated heterocycles. The fraction of sp³-hybridized carbons (Fsp3) is 0.571. The Morgan fingerprint density at radius 1 is 1.38 bits per heavy atom. The molecular weight excluding hydrogens is 392 g/mol. The zero-order chi connectivity index (χ0) is 21.4. The minimum atomic E-state index is -0.784. The molecule has 0 radical (unpaired) electrons. The van der Waals surface area contributed by atoms with E-state index < -0.39 is 17.4 Å². The van der Waals surface area contributed by atoms with Crippen LogP contribution in [-0.4, -0.2) is 43.7 Å². The summed E-state index contributed by atoms with van der Waals surface area (Å²) in [5.74, 6) is 0.846. The topological polar surface area (TPSA) is 69.5 Å². The first-order valence-corrected chi connectivity index (χ1v) is 10.3. The Balaban J connectivity index is 1.99. The van der Waals surface area contributed by atoms with Crippen LogP contribution >= 0.6 is 11.6 Å². The average molecular weight is 421 g/mol. The highest BCUT2D eigenvalue weighted by Crippen LogP contribution is 2.39. The van der Waals surface area contributed by atoms with Gasteiger partial charge in [0.2, 0.25) is 0 Å². The number of benzene rings is 1. The zero-order valence-electron chi connectivity index (χ0n) is 17.9. The second kappa shape index (κ2) is 7.95. The predicted molar refractivity (Wildman–Crippen MR) is 111 cm³/mol. The van der Waals surface area contributed by atoms with E-state index >= 15 is 0 Å². The fourth-order valence-corrected chi connectivity index (χ4v) is 3.66. The Bertz CT molecular complexity index is 888. The summed E-state index contributed by atoms with van der Waals surface area (Å²) >= 11 is 6.48. The van der Waals surface area contributed by atoms with Gasteiger partial charge in [-0.1, -0.05) is 24.6 Å². The van der Waals surface area contributed by atoms with Crippen LogP contribution in [0.3, 0.4) is 0 Å². The number of hydrogen-bond donors (Lipinski definition) is 0. The van der Waals surface area contributed by atoms with Crippen molar-refractivity contribution < 1.29 is 14.3 Å². The van der Waals surface area contributed by atoms with Crippen LogP contribution in [0.5, 0.6) is 0 Å². The molecule has 1 aromatic heterocycles. The third-order valence-electron chi connectivity index (χ3n) is 4.75. The number of carbonyl (C=O) groups excluding carboxylic acids is 1. The van der Waals surface area contributed by atoms with E-state index in [-0.39, 0.29) is 6.04 Å². The molecule has 1 aromatic carbocycles. The molecule has 7 nitrogen and oxygen atoms in total. The number of rotatable bonds is 4. The van der Waals surface area contributed by atoms with Crippen LogP contribution in [0, 0.1) is 0 Å². The molecule has 1 aliphatic heterocycles. The Labute approximate surface area is 177 Å².